The minimum Gasteiger partial charge on any atom is -0.310 e. The highest BCUT2D eigenvalue weighted by Gasteiger charge is 2.19. The number of para-hydroxylation sites is 4. The van der Waals surface area contributed by atoms with Gasteiger partial charge < -0.3 is 9.80 Å². The summed E-state index contributed by atoms with van der Waals surface area (Å²) < 4.78 is 0. The lowest BCUT2D eigenvalue weighted by Gasteiger charge is -2.27. The van der Waals surface area contributed by atoms with Gasteiger partial charge in [0.1, 0.15) is 0 Å². The predicted octanol–water partition coefficient (Wildman–Crippen LogP) is 15.9. The molecule has 0 saturated heterocycles. The lowest BCUT2D eigenvalue weighted by Crippen LogP contribution is -2.10. The van der Waals surface area contributed by atoms with E-state index in [-0.39, 0.29) is 0 Å². The Balaban J connectivity index is 0.967. The van der Waals surface area contributed by atoms with E-state index in [2.05, 4.69) is 252 Å². The van der Waals surface area contributed by atoms with Crippen LogP contribution in [0.1, 0.15) is 0 Å². The zero-order valence-electron chi connectivity index (χ0n) is 32.0. The highest BCUT2D eigenvalue weighted by molar-refractivity contribution is 6.07. The smallest absolute Gasteiger partial charge is 0.0540 e. The quantitative estimate of drug-likeness (QED) is 0.145. The van der Waals surface area contributed by atoms with E-state index in [1.165, 1.54) is 54.9 Å². The highest BCUT2D eigenvalue weighted by Crippen LogP contribution is 2.44. The molecule has 58 heavy (non-hydrogen) atoms. The first-order chi connectivity index (χ1) is 28.8. The Bertz CT molecular complexity index is 2670. The normalized spacial score (nSPS) is 11.1. The second-order valence-electron chi connectivity index (χ2n) is 14.5. The van der Waals surface area contributed by atoms with E-state index in [1.807, 2.05) is 0 Å². The van der Waals surface area contributed by atoms with Crippen molar-refractivity contribution < 1.29 is 0 Å². The zero-order valence-corrected chi connectivity index (χ0v) is 32.0. The Kier molecular flexibility index (Phi) is 9.27. The first-order valence-corrected chi connectivity index (χ1v) is 19.9. The summed E-state index contributed by atoms with van der Waals surface area (Å²) in [7, 11) is 0. The summed E-state index contributed by atoms with van der Waals surface area (Å²) in [4.78, 5) is 4.69. The third-order valence-corrected chi connectivity index (χ3v) is 11.1. The first kappa shape index (κ1) is 34.8. The molecule has 0 bridgehead atoms. The third kappa shape index (κ3) is 6.57. The van der Waals surface area contributed by atoms with Gasteiger partial charge in [0.2, 0.25) is 0 Å². The molecule has 10 rings (SSSR count). The maximum Gasteiger partial charge on any atom is 0.0540 e. The first-order valence-electron chi connectivity index (χ1n) is 19.9. The van der Waals surface area contributed by atoms with Gasteiger partial charge >= 0.3 is 0 Å². The average Bonchev–Trinajstić information content (AvgIpc) is 3.31. The number of nitrogens with zero attached hydrogens (tertiary/aromatic N) is 2. The molecule has 0 heterocycles. The van der Waals surface area contributed by atoms with Gasteiger partial charge in [-0.2, -0.15) is 0 Å². The topological polar surface area (TPSA) is 6.48 Å². The standard InChI is InChI=1S/C56H40N2/c1-5-17-45(18-6-1)57(46-19-7-2-8-20-46)55-39-37-49(51-25-13-15-27-53(51)55)43-33-29-41(30-34-43)42-31-35-44(36-32-42)50-38-40-56(54-28-16-14-26-52(50)54)58(47-21-9-3-10-22-47)48-23-11-4-12-24-48/h1-40H. The number of hydrogen-bond donors (Lipinski definition) is 0. The fraction of sp³-hybridized carbons (Fsp3) is 0. The van der Waals surface area contributed by atoms with Crippen LogP contribution in [0.25, 0.3) is 54.9 Å². The van der Waals surface area contributed by atoms with Gasteiger partial charge in [-0.1, -0.05) is 182 Å². The summed E-state index contributed by atoms with van der Waals surface area (Å²) in [6, 6.07) is 87.1. The van der Waals surface area contributed by atoms with E-state index in [9.17, 15) is 0 Å². The van der Waals surface area contributed by atoms with Crippen molar-refractivity contribution in [3.8, 4) is 33.4 Å². The van der Waals surface area contributed by atoms with Gasteiger partial charge in [-0.3, -0.25) is 0 Å². The molecule has 0 amide bonds. The fourth-order valence-electron chi connectivity index (χ4n) is 8.31. The van der Waals surface area contributed by atoms with E-state index in [1.54, 1.807) is 0 Å². The fourth-order valence-corrected chi connectivity index (χ4v) is 8.31. The van der Waals surface area contributed by atoms with E-state index >= 15 is 0 Å². The van der Waals surface area contributed by atoms with Crippen LogP contribution in [0.15, 0.2) is 243 Å². The van der Waals surface area contributed by atoms with Crippen LogP contribution in [-0.4, -0.2) is 0 Å². The van der Waals surface area contributed by atoms with Crippen LogP contribution in [0, 0.1) is 0 Å². The molecule has 0 atom stereocenters. The van der Waals surface area contributed by atoms with Gasteiger partial charge in [-0.15, -0.1) is 0 Å². The Morgan fingerprint density at radius 1 is 0.190 bits per heavy atom. The van der Waals surface area contributed by atoms with Gasteiger partial charge in [-0.25, -0.2) is 0 Å². The Labute approximate surface area is 340 Å². The summed E-state index contributed by atoms with van der Waals surface area (Å²) in [5.41, 5.74) is 14.0. The molecule has 0 unspecified atom stereocenters. The van der Waals surface area contributed by atoms with Crippen LogP contribution >= 0.6 is 0 Å². The highest BCUT2D eigenvalue weighted by atomic mass is 15.1. The van der Waals surface area contributed by atoms with Crippen LogP contribution in [-0.2, 0) is 0 Å². The van der Waals surface area contributed by atoms with Crippen molar-refractivity contribution in [2.75, 3.05) is 9.80 Å². The molecular weight excluding hydrogens is 701 g/mol. The van der Waals surface area contributed by atoms with Gasteiger partial charge in [-0.05, 0) is 105 Å². The van der Waals surface area contributed by atoms with Crippen LogP contribution in [0.4, 0.5) is 34.1 Å². The van der Waals surface area contributed by atoms with E-state index < -0.39 is 0 Å². The van der Waals surface area contributed by atoms with Gasteiger partial charge in [0.15, 0.2) is 0 Å². The van der Waals surface area contributed by atoms with Gasteiger partial charge in [0, 0.05) is 33.5 Å². The zero-order chi connectivity index (χ0) is 38.7. The van der Waals surface area contributed by atoms with Crippen molar-refractivity contribution in [2.45, 2.75) is 0 Å². The SMILES string of the molecule is c1ccc(N(c2ccccc2)c2ccc(-c3ccc(-c4ccc(-c5ccc(N(c6ccccc6)c6ccccc6)c6ccccc56)cc4)cc3)c3ccccc23)cc1. The van der Waals surface area contributed by atoms with E-state index in [0.29, 0.717) is 0 Å². The van der Waals surface area contributed by atoms with Crippen molar-refractivity contribution in [3.05, 3.63) is 243 Å². The average molecular weight is 741 g/mol. The van der Waals surface area contributed by atoms with Crippen LogP contribution in [0.3, 0.4) is 0 Å². The summed E-state index contributed by atoms with van der Waals surface area (Å²) in [6.45, 7) is 0. The Hall–Kier alpha value is -7.68. The molecule has 0 aliphatic carbocycles. The molecule has 0 spiro atoms. The minimum absolute atomic E-state index is 1.13. The van der Waals surface area contributed by atoms with Crippen LogP contribution in [0.2, 0.25) is 0 Å². The lowest BCUT2D eigenvalue weighted by atomic mass is 9.93. The van der Waals surface area contributed by atoms with E-state index in [0.717, 1.165) is 34.1 Å². The molecule has 0 aliphatic rings. The molecule has 0 N–H and O–H groups in total. The maximum atomic E-state index is 2.35. The van der Waals surface area contributed by atoms with Crippen molar-refractivity contribution in [1.29, 1.82) is 0 Å². The lowest BCUT2D eigenvalue weighted by molar-refractivity contribution is 1.30. The van der Waals surface area contributed by atoms with Crippen LogP contribution in [0.5, 0.6) is 0 Å². The second kappa shape index (κ2) is 15.5. The summed E-state index contributed by atoms with van der Waals surface area (Å²) in [5.74, 6) is 0. The molecular formula is C56H40N2. The van der Waals surface area contributed by atoms with E-state index in [4.69, 9.17) is 0 Å². The molecule has 0 saturated carbocycles. The largest absolute Gasteiger partial charge is 0.310 e. The molecule has 10 aromatic rings. The molecule has 0 aromatic heterocycles. The minimum atomic E-state index is 1.13. The summed E-state index contributed by atoms with van der Waals surface area (Å²) >= 11 is 0. The maximum absolute atomic E-state index is 2.35. The molecule has 10 aromatic carbocycles. The number of benzene rings is 10. The molecule has 0 aliphatic heterocycles. The summed E-state index contributed by atoms with van der Waals surface area (Å²) in [6.07, 6.45) is 0. The second-order valence-corrected chi connectivity index (χ2v) is 14.5. The van der Waals surface area contributed by atoms with Crippen molar-refractivity contribution >= 4 is 55.7 Å². The third-order valence-electron chi connectivity index (χ3n) is 11.1. The van der Waals surface area contributed by atoms with Crippen molar-refractivity contribution in [1.82, 2.24) is 0 Å². The Morgan fingerprint density at radius 2 is 0.448 bits per heavy atom. The van der Waals surface area contributed by atoms with Gasteiger partial charge in [0.05, 0.1) is 11.4 Å². The van der Waals surface area contributed by atoms with Crippen molar-refractivity contribution in [2.24, 2.45) is 0 Å². The molecule has 0 radical (unpaired) electrons. The van der Waals surface area contributed by atoms with Crippen LogP contribution < -0.4 is 9.80 Å². The molecule has 274 valence electrons. The number of rotatable bonds is 9. The summed E-state index contributed by atoms with van der Waals surface area (Å²) in [5, 5.41) is 4.87. The monoisotopic (exact) mass is 740 g/mol. The molecule has 2 nitrogen and oxygen atoms in total. The molecule has 0 fully saturated rings. The Morgan fingerprint density at radius 3 is 0.759 bits per heavy atom. The van der Waals surface area contributed by atoms with Crippen molar-refractivity contribution in [3.63, 3.8) is 0 Å². The number of anilines is 6. The molecule has 2 heteroatoms. The number of hydrogen-bond acceptors (Lipinski definition) is 2. The predicted molar refractivity (Wildman–Crippen MR) is 247 cm³/mol. The number of fused-ring (bicyclic) bond motifs is 2. The van der Waals surface area contributed by atoms with Gasteiger partial charge in [0.25, 0.3) is 0 Å².